The van der Waals surface area contributed by atoms with E-state index in [1.807, 2.05) is 30.5 Å². The molecule has 32 heavy (non-hydrogen) atoms. The van der Waals surface area contributed by atoms with Crippen LogP contribution in [-0.2, 0) is 13.1 Å². The molecule has 0 saturated heterocycles. The number of benzene rings is 3. The van der Waals surface area contributed by atoms with Crippen molar-refractivity contribution < 1.29 is 0 Å². The van der Waals surface area contributed by atoms with Gasteiger partial charge in [-0.25, -0.2) is 0 Å². The molecule has 3 aromatic carbocycles. The number of fused-ring (bicyclic) bond motifs is 1. The predicted molar refractivity (Wildman–Crippen MR) is 136 cm³/mol. The van der Waals surface area contributed by atoms with Crippen LogP contribution >= 0.6 is 11.6 Å². The molecule has 0 unspecified atom stereocenters. The molecule has 0 radical (unpaired) electrons. The molecule has 4 heteroatoms. The quantitative estimate of drug-likeness (QED) is 0.282. The average molecular weight is 444 g/mol. The fraction of sp³-hybridized carbons (Fsp3) is 0.250. The van der Waals surface area contributed by atoms with E-state index >= 15 is 0 Å². The van der Waals surface area contributed by atoms with Crippen molar-refractivity contribution in [2.45, 2.75) is 33.4 Å². The smallest absolute Gasteiger partial charge is 0.0737 e. The first-order chi connectivity index (χ1) is 15.6. The molecule has 0 fully saturated rings. The lowest BCUT2D eigenvalue weighted by Crippen LogP contribution is -2.26. The minimum Gasteiger partial charge on any atom is -0.384 e. The van der Waals surface area contributed by atoms with Crippen molar-refractivity contribution >= 4 is 28.2 Å². The first kappa shape index (κ1) is 22.3. The van der Waals surface area contributed by atoms with Gasteiger partial charge in [-0.1, -0.05) is 65.7 Å². The van der Waals surface area contributed by atoms with Crippen molar-refractivity contribution in [3.8, 4) is 0 Å². The monoisotopic (exact) mass is 443 g/mol. The van der Waals surface area contributed by atoms with Crippen molar-refractivity contribution in [1.82, 2.24) is 9.88 Å². The zero-order chi connectivity index (χ0) is 22.3. The highest BCUT2D eigenvalue weighted by Gasteiger charge is 2.10. The van der Waals surface area contributed by atoms with E-state index < -0.39 is 0 Å². The maximum absolute atomic E-state index is 6.12. The van der Waals surface area contributed by atoms with Gasteiger partial charge in [0.25, 0.3) is 0 Å². The number of aromatic nitrogens is 1. The fourth-order valence-electron chi connectivity index (χ4n) is 4.07. The van der Waals surface area contributed by atoms with E-state index in [-0.39, 0.29) is 0 Å². The predicted octanol–water partition coefficient (Wildman–Crippen LogP) is 7.01. The topological polar surface area (TPSA) is 28.2 Å². The van der Waals surface area contributed by atoms with E-state index in [9.17, 15) is 0 Å². The summed E-state index contributed by atoms with van der Waals surface area (Å²) in [6.45, 7) is 8.20. The highest BCUT2D eigenvalue weighted by molar-refractivity contribution is 6.31. The molecule has 3 nitrogen and oxygen atoms in total. The van der Waals surface area contributed by atoms with Crippen LogP contribution in [0.5, 0.6) is 0 Å². The second kappa shape index (κ2) is 10.6. The third-order valence-electron chi connectivity index (χ3n) is 5.82. The largest absolute Gasteiger partial charge is 0.384 e. The number of pyridine rings is 1. The fourth-order valence-corrected chi connectivity index (χ4v) is 4.23. The Morgan fingerprint density at radius 1 is 0.906 bits per heavy atom. The Morgan fingerprint density at radius 3 is 2.59 bits per heavy atom. The van der Waals surface area contributed by atoms with Gasteiger partial charge in [-0.2, -0.15) is 0 Å². The summed E-state index contributed by atoms with van der Waals surface area (Å²) in [7, 11) is 0. The average Bonchev–Trinajstić information content (AvgIpc) is 2.79. The van der Waals surface area contributed by atoms with Crippen molar-refractivity contribution in [2.24, 2.45) is 0 Å². The standard InChI is InChI=1S/C28H30ClN3/c1-21-9-10-22(2)24(17-21)20-32(19-23-7-4-3-5-8-23)16-6-14-30-27-13-15-31-28-18-25(29)11-12-26(27)28/h3-5,7-13,15,17-18H,6,14,16,19-20H2,1-2H3,(H,30,31). The summed E-state index contributed by atoms with van der Waals surface area (Å²) < 4.78 is 0. The lowest BCUT2D eigenvalue weighted by Gasteiger charge is -2.24. The number of halogens is 1. The molecule has 4 aromatic rings. The highest BCUT2D eigenvalue weighted by atomic mass is 35.5. The minimum absolute atomic E-state index is 0.713. The second-order valence-electron chi connectivity index (χ2n) is 8.43. The molecule has 0 aliphatic carbocycles. The van der Waals surface area contributed by atoms with Crippen molar-refractivity contribution in [2.75, 3.05) is 18.4 Å². The maximum atomic E-state index is 6.12. The van der Waals surface area contributed by atoms with Gasteiger partial charge in [-0.05, 0) is 61.2 Å². The van der Waals surface area contributed by atoms with Gasteiger partial charge in [0.1, 0.15) is 0 Å². The summed E-state index contributed by atoms with van der Waals surface area (Å²) in [6.07, 6.45) is 2.89. The van der Waals surface area contributed by atoms with Gasteiger partial charge in [0.05, 0.1) is 5.52 Å². The van der Waals surface area contributed by atoms with Crippen LogP contribution in [0.3, 0.4) is 0 Å². The Hall–Kier alpha value is -2.88. The number of rotatable bonds is 9. The SMILES string of the molecule is Cc1ccc(C)c(CN(CCCNc2ccnc3cc(Cl)ccc23)Cc2ccccc2)c1. The van der Waals surface area contributed by atoms with Crippen LogP contribution in [0, 0.1) is 13.8 Å². The zero-order valence-corrected chi connectivity index (χ0v) is 19.6. The third-order valence-corrected chi connectivity index (χ3v) is 6.05. The van der Waals surface area contributed by atoms with Crippen LogP contribution in [0.15, 0.2) is 79.0 Å². The van der Waals surface area contributed by atoms with Gasteiger partial charge >= 0.3 is 0 Å². The summed E-state index contributed by atoms with van der Waals surface area (Å²) in [5.41, 5.74) is 7.46. The van der Waals surface area contributed by atoms with E-state index in [0.717, 1.165) is 49.2 Å². The Bertz CT molecular complexity index is 1170. The second-order valence-corrected chi connectivity index (χ2v) is 8.86. The minimum atomic E-state index is 0.713. The maximum Gasteiger partial charge on any atom is 0.0737 e. The Balaban J connectivity index is 1.41. The van der Waals surface area contributed by atoms with E-state index in [4.69, 9.17) is 11.6 Å². The number of aryl methyl sites for hydroxylation is 2. The normalized spacial score (nSPS) is 11.2. The summed E-state index contributed by atoms with van der Waals surface area (Å²) in [6, 6.07) is 25.4. The van der Waals surface area contributed by atoms with Crippen LogP contribution in [0.1, 0.15) is 28.7 Å². The molecule has 0 spiro atoms. The van der Waals surface area contributed by atoms with Gasteiger partial charge in [-0.3, -0.25) is 9.88 Å². The molecule has 0 saturated carbocycles. The number of anilines is 1. The van der Waals surface area contributed by atoms with Gasteiger partial charge in [-0.15, -0.1) is 0 Å². The van der Waals surface area contributed by atoms with E-state index in [0.29, 0.717) is 5.02 Å². The first-order valence-electron chi connectivity index (χ1n) is 11.2. The first-order valence-corrected chi connectivity index (χ1v) is 11.6. The van der Waals surface area contributed by atoms with E-state index in [1.165, 1.54) is 22.3 Å². The summed E-state index contributed by atoms with van der Waals surface area (Å²) >= 11 is 6.12. The molecular formula is C28H30ClN3. The molecule has 164 valence electrons. The lowest BCUT2D eigenvalue weighted by molar-refractivity contribution is 0.255. The molecule has 0 bridgehead atoms. The molecule has 1 N–H and O–H groups in total. The Labute approximate surface area is 196 Å². The zero-order valence-electron chi connectivity index (χ0n) is 18.8. The number of hydrogen-bond acceptors (Lipinski definition) is 3. The molecule has 0 atom stereocenters. The number of nitrogens with one attached hydrogen (secondary N) is 1. The van der Waals surface area contributed by atoms with Crippen LogP contribution in [0.25, 0.3) is 10.9 Å². The summed E-state index contributed by atoms with van der Waals surface area (Å²) in [5, 5.41) is 5.42. The lowest BCUT2D eigenvalue weighted by atomic mass is 10.0. The molecule has 0 aliphatic heterocycles. The molecule has 0 amide bonds. The number of nitrogens with zero attached hydrogens (tertiary/aromatic N) is 2. The molecule has 4 rings (SSSR count). The van der Waals surface area contributed by atoms with Crippen molar-refractivity contribution in [3.05, 3.63) is 106 Å². The molecule has 1 aromatic heterocycles. The van der Waals surface area contributed by atoms with Crippen LogP contribution in [-0.4, -0.2) is 23.0 Å². The summed E-state index contributed by atoms with van der Waals surface area (Å²) in [4.78, 5) is 6.98. The summed E-state index contributed by atoms with van der Waals surface area (Å²) in [5.74, 6) is 0. The van der Waals surface area contributed by atoms with Crippen LogP contribution in [0.4, 0.5) is 5.69 Å². The van der Waals surface area contributed by atoms with Gasteiger partial charge in [0, 0.05) is 48.5 Å². The van der Waals surface area contributed by atoms with Crippen LogP contribution < -0.4 is 5.32 Å². The van der Waals surface area contributed by atoms with Crippen molar-refractivity contribution in [1.29, 1.82) is 0 Å². The Kier molecular flexibility index (Phi) is 7.41. The molecule has 1 heterocycles. The van der Waals surface area contributed by atoms with Crippen LogP contribution in [0.2, 0.25) is 5.02 Å². The van der Waals surface area contributed by atoms with Gasteiger partial charge in [0.2, 0.25) is 0 Å². The van der Waals surface area contributed by atoms with Gasteiger partial charge < -0.3 is 5.32 Å². The number of hydrogen-bond donors (Lipinski definition) is 1. The van der Waals surface area contributed by atoms with E-state index in [2.05, 4.69) is 77.6 Å². The molecule has 0 aliphatic rings. The Morgan fingerprint density at radius 2 is 1.75 bits per heavy atom. The van der Waals surface area contributed by atoms with E-state index in [1.54, 1.807) is 0 Å². The highest BCUT2D eigenvalue weighted by Crippen LogP contribution is 2.24. The van der Waals surface area contributed by atoms with Crippen molar-refractivity contribution in [3.63, 3.8) is 0 Å². The van der Waals surface area contributed by atoms with Gasteiger partial charge in [0.15, 0.2) is 0 Å². The third kappa shape index (κ3) is 5.87. The molecular weight excluding hydrogens is 414 g/mol.